The summed E-state index contributed by atoms with van der Waals surface area (Å²) in [7, 11) is 2.02. The largest absolute Gasteiger partial charge is 0.273 e. The van der Waals surface area contributed by atoms with Gasteiger partial charge in [-0.3, -0.25) is 5.01 Å². The number of fused-ring (bicyclic) bond motifs is 1. The minimum atomic E-state index is 0.245. The van der Waals surface area contributed by atoms with E-state index in [0.717, 1.165) is 36.0 Å². The van der Waals surface area contributed by atoms with Crippen LogP contribution in [0.2, 0.25) is 0 Å². The van der Waals surface area contributed by atoms with Crippen molar-refractivity contribution in [1.29, 1.82) is 5.26 Å². The molecule has 1 atom stereocenters. The SMILES string of the molecule is CCCc1ccc(C2=CC3=C(CC)N(C)N=CC3C=C2)c(-c2ccc(C#N)c(C)c2)c1. The summed E-state index contributed by atoms with van der Waals surface area (Å²) in [4.78, 5) is 0. The van der Waals surface area contributed by atoms with E-state index < -0.39 is 0 Å². The van der Waals surface area contributed by atoms with Crippen molar-refractivity contribution in [3.05, 3.63) is 88.2 Å². The van der Waals surface area contributed by atoms with Crippen molar-refractivity contribution in [2.75, 3.05) is 7.05 Å². The van der Waals surface area contributed by atoms with Crippen LogP contribution in [0.3, 0.4) is 0 Å². The van der Waals surface area contributed by atoms with Gasteiger partial charge in [0.15, 0.2) is 0 Å². The number of allylic oxidation sites excluding steroid dienone is 6. The Hall–Kier alpha value is -3.38. The minimum absolute atomic E-state index is 0.245. The van der Waals surface area contributed by atoms with E-state index in [9.17, 15) is 5.26 Å². The van der Waals surface area contributed by atoms with Gasteiger partial charge in [-0.05, 0) is 70.9 Å². The molecule has 0 saturated carbocycles. The molecule has 0 aromatic heterocycles. The van der Waals surface area contributed by atoms with Crippen LogP contribution < -0.4 is 0 Å². The smallest absolute Gasteiger partial charge is 0.0994 e. The molecule has 2 aliphatic rings. The third kappa shape index (κ3) is 3.99. The van der Waals surface area contributed by atoms with Crippen molar-refractivity contribution >= 4 is 11.8 Å². The highest BCUT2D eigenvalue weighted by atomic mass is 15.4. The van der Waals surface area contributed by atoms with Gasteiger partial charge in [-0.15, -0.1) is 0 Å². The molecule has 0 N–H and O–H groups in total. The molecular weight excluding hydrogens is 378 g/mol. The number of aryl methyl sites for hydroxylation is 2. The fourth-order valence-corrected chi connectivity index (χ4v) is 4.54. The third-order valence-electron chi connectivity index (χ3n) is 6.20. The predicted octanol–water partition coefficient (Wildman–Crippen LogP) is 6.65. The average molecular weight is 408 g/mol. The van der Waals surface area contributed by atoms with Crippen LogP contribution in [0.1, 0.15) is 48.9 Å². The van der Waals surface area contributed by atoms with E-state index in [-0.39, 0.29) is 5.92 Å². The molecule has 31 heavy (non-hydrogen) atoms. The maximum absolute atomic E-state index is 9.34. The fraction of sp³-hybridized carbons (Fsp3) is 0.286. The lowest BCUT2D eigenvalue weighted by molar-refractivity contribution is 0.416. The van der Waals surface area contributed by atoms with Gasteiger partial charge in [-0.25, -0.2) is 0 Å². The van der Waals surface area contributed by atoms with Crippen molar-refractivity contribution in [3.8, 4) is 17.2 Å². The lowest BCUT2D eigenvalue weighted by Gasteiger charge is -2.29. The molecule has 2 aromatic carbocycles. The number of benzene rings is 2. The molecule has 1 heterocycles. The number of nitriles is 1. The Morgan fingerprint density at radius 2 is 1.94 bits per heavy atom. The molecule has 3 heteroatoms. The van der Waals surface area contributed by atoms with Gasteiger partial charge in [0.25, 0.3) is 0 Å². The van der Waals surface area contributed by atoms with Gasteiger partial charge in [0.05, 0.1) is 11.6 Å². The van der Waals surface area contributed by atoms with Gasteiger partial charge >= 0.3 is 0 Å². The van der Waals surface area contributed by atoms with Crippen LogP contribution in [-0.2, 0) is 6.42 Å². The van der Waals surface area contributed by atoms with Crippen molar-refractivity contribution in [2.45, 2.75) is 40.0 Å². The molecule has 1 aliphatic carbocycles. The van der Waals surface area contributed by atoms with Gasteiger partial charge in [0, 0.05) is 24.9 Å². The quantitative estimate of drug-likeness (QED) is 0.556. The van der Waals surface area contributed by atoms with Crippen molar-refractivity contribution in [1.82, 2.24) is 5.01 Å². The summed E-state index contributed by atoms with van der Waals surface area (Å²) in [6, 6.07) is 15.3. The first-order chi connectivity index (χ1) is 15.0. The van der Waals surface area contributed by atoms with Gasteiger partial charge in [0.2, 0.25) is 0 Å². The first kappa shape index (κ1) is 20.9. The van der Waals surface area contributed by atoms with E-state index in [1.54, 1.807) is 0 Å². The molecule has 1 unspecified atom stereocenters. The molecule has 3 nitrogen and oxygen atoms in total. The highest BCUT2D eigenvalue weighted by Gasteiger charge is 2.23. The average Bonchev–Trinajstić information content (AvgIpc) is 2.79. The molecule has 0 radical (unpaired) electrons. The van der Waals surface area contributed by atoms with Gasteiger partial charge in [-0.1, -0.05) is 62.8 Å². The van der Waals surface area contributed by atoms with Crippen LogP contribution in [0.25, 0.3) is 16.7 Å². The van der Waals surface area contributed by atoms with Gasteiger partial charge in [0.1, 0.15) is 0 Å². The van der Waals surface area contributed by atoms with Crippen LogP contribution >= 0.6 is 0 Å². The first-order valence-electron chi connectivity index (χ1n) is 11.1. The molecule has 2 aromatic rings. The highest BCUT2D eigenvalue weighted by Crippen LogP contribution is 2.38. The Morgan fingerprint density at radius 1 is 1.10 bits per heavy atom. The summed E-state index contributed by atoms with van der Waals surface area (Å²) in [5, 5.41) is 15.9. The van der Waals surface area contributed by atoms with Crippen LogP contribution in [-0.4, -0.2) is 18.3 Å². The summed E-state index contributed by atoms with van der Waals surface area (Å²) in [6.07, 6.45) is 12.0. The molecule has 1 aliphatic heterocycles. The molecule has 0 spiro atoms. The third-order valence-corrected chi connectivity index (χ3v) is 6.20. The predicted molar refractivity (Wildman–Crippen MR) is 130 cm³/mol. The Kier molecular flexibility index (Phi) is 5.91. The Labute approximate surface area is 185 Å². The van der Waals surface area contributed by atoms with E-state index in [4.69, 9.17) is 0 Å². The molecule has 156 valence electrons. The Bertz CT molecular complexity index is 1170. The maximum atomic E-state index is 9.34. The second-order valence-corrected chi connectivity index (χ2v) is 8.30. The Balaban J connectivity index is 1.87. The molecule has 4 rings (SSSR count). The first-order valence-corrected chi connectivity index (χ1v) is 11.1. The summed E-state index contributed by atoms with van der Waals surface area (Å²) in [6.45, 7) is 6.41. The van der Waals surface area contributed by atoms with Crippen LogP contribution in [0.5, 0.6) is 0 Å². The minimum Gasteiger partial charge on any atom is -0.273 e. The van der Waals surface area contributed by atoms with E-state index in [1.807, 2.05) is 31.3 Å². The summed E-state index contributed by atoms with van der Waals surface area (Å²) >= 11 is 0. The number of hydrogen-bond donors (Lipinski definition) is 0. The summed E-state index contributed by atoms with van der Waals surface area (Å²) < 4.78 is 0. The number of rotatable bonds is 5. The van der Waals surface area contributed by atoms with Crippen molar-refractivity contribution in [2.24, 2.45) is 11.0 Å². The molecule has 0 fully saturated rings. The zero-order valence-electron chi connectivity index (χ0n) is 18.8. The number of nitrogens with zero attached hydrogens (tertiary/aromatic N) is 3. The van der Waals surface area contributed by atoms with Crippen molar-refractivity contribution in [3.63, 3.8) is 0 Å². The van der Waals surface area contributed by atoms with Gasteiger partial charge < -0.3 is 0 Å². The van der Waals surface area contributed by atoms with Crippen LogP contribution in [0, 0.1) is 24.2 Å². The topological polar surface area (TPSA) is 39.4 Å². The maximum Gasteiger partial charge on any atom is 0.0994 e. The molecular formula is C28H29N3. The van der Waals surface area contributed by atoms with Crippen molar-refractivity contribution < 1.29 is 0 Å². The summed E-state index contributed by atoms with van der Waals surface area (Å²) in [5.74, 6) is 0.245. The zero-order chi connectivity index (χ0) is 22.0. The van der Waals surface area contributed by atoms with E-state index in [2.05, 4.69) is 73.6 Å². The lowest BCUT2D eigenvalue weighted by Crippen LogP contribution is -2.23. The summed E-state index contributed by atoms with van der Waals surface area (Å²) in [5.41, 5.74) is 10.5. The normalized spacial score (nSPS) is 17.5. The monoisotopic (exact) mass is 407 g/mol. The molecule has 0 amide bonds. The molecule has 0 bridgehead atoms. The zero-order valence-corrected chi connectivity index (χ0v) is 18.8. The second-order valence-electron chi connectivity index (χ2n) is 8.30. The number of hydrogen-bond acceptors (Lipinski definition) is 3. The molecule has 0 saturated heterocycles. The van der Waals surface area contributed by atoms with Gasteiger partial charge in [-0.2, -0.15) is 10.4 Å². The van der Waals surface area contributed by atoms with E-state index in [0.29, 0.717) is 0 Å². The highest BCUT2D eigenvalue weighted by molar-refractivity contribution is 5.90. The second kappa shape index (κ2) is 8.78. The van der Waals surface area contributed by atoms with Crippen LogP contribution in [0.4, 0.5) is 0 Å². The lowest BCUT2D eigenvalue weighted by atomic mass is 9.84. The fourth-order valence-electron chi connectivity index (χ4n) is 4.54. The Morgan fingerprint density at radius 3 is 2.65 bits per heavy atom. The number of hydrazone groups is 1. The van der Waals surface area contributed by atoms with E-state index in [1.165, 1.54) is 33.5 Å². The van der Waals surface area contributed by atoms with Crippen LogP contribution in [0.15, 0.2) is 71.0 Å². The van der Waals surface area contributed by atoms with E-state index >= 15 is 0 Å². The standard InChI is InChI=1S/C28H29N3/c1-5-7-20-8-13-25(26(15-20)21-9-11-23(17-29)19(3)14-21)22-10-12-24-18-30-31(4)28(6-2)27(24)16-22/h8-16,18,24H,5-7H2,1-4H3.